The fourth-order valence-corrected chi connectivity index (χ4v) is 3.34. The van der Waals surface area contributed by atoms with E-state index in [0.717, 1.165) is 6.08 Å². The van der Waals surface area contributed by atoms with E-state index < -0.39 is 11.8 Å². The largest absolute Gasteiger partial charge is 0.545 e. The molecule has 0 aliphatic carbocycles. The molecule has 0 spiro atoms. The third-order valence-electron chi connectivity index (χ3n) is 4.48. The first-order chi connectivity index (χ1) is 13.3. The maximum Gasteiger partial charge on any atom is 0.259 e. The highest BCUT2D eigenvalue weighted by Gasteiger charge is 2.21. The van der Waals surface area contributed by atoms with Gasteiger partial charge < -0.3 is 19.2 Å². The molecular formula is C22H19FNO4-. The number of carbonyl (C=O) groups is 1. The molecule has 3 rings (SSSR count). The number of methoxy groups -OCH3 is 1. The molecule has 28 heavy (non-hydrogen) atoms. The predicted octanol–water partition coefficient (Wildman–Crippen LogP) is 3.16. The van der Waals surface area contributed by atoms with Crippen LogP contribution in [0.5, 0.6) is 5.75 Å². The van der Waals surface area contributed by atoms with E-state index in [2.05, 4.69) is 0 Å². The molecule has 144 valence electrons. The first-order valence-electron chi connectivity index (χ1n) is 8.75. The van der Waals surface area contributed by atoms with Crippen molar-refractivity contribution in [2.24, 2.45) is 0 Å². The van der Waals surface area contributed by atoms with Crippen LogP contribution in [0.3, 0.4) is 0 Å². The van der Waals surface area contributed by atoms with Crippen molar-refractivity contribution < 1.29 is 19.0 Å². The Bertz CT molecular complexity index is 1150. The second kappa shape index (κ2) is 7.68. The molecule has 0 fully saturated rings. The van der Waals surface area contributed by atoms with E-state index >= 15 is 0 Å². The van der Waals surface area contributed by atoms with E-state index in [1.807, 2.05) is 13.8 Å². The maximum absolute atomic E-state index is 13.7. The first-order valence-corrected chi connectivity index (χ1v) is 8.75. The van der Waals surface area contributed by atoms with E-state index in [1.165, 1.54) is 31.4 Å². The van der Waals surface area contributed by atoms with Crippen LogP contribution in [0.2, 0.25) is 0 Å². The number of benzene rings is 2. The summed E-state index contributed by atoms with van der Waals surface area (Å²) in [5, 5.41) is 12.1. The van der Waals surface area contributed by atoms with Crippen LogP contribution in [0.1, 0.15) is 25.5 Å². The summed E-state index contributed by atoms with van der Waals surface area (Å²) in [6.45, 7) is 3.70. The fraction of sp³-hybridized carbons (Fsp3) is 0.182. The van der Waals surface area contributed by atoms with Crippen molar-refractivity contribution in [2.75, 3.05) is 7.11 Å². The van der Waals surface area contributed by atoms with E-state index in [0.29, 0.717) is 27.6 Å². The fourth-order valence-electron chi connectivity index (χ4n) is 3.34. The number of carboxylic acid groups (broad SMARTS) is 1. The van der Waals surface area contributed by atoms with Gasteiger partial charge in [-0.05, 0) is 43.5 Å². The molecule has 5 nitrogen and oxygen atoms in total. The van der Waals surface area contributed by atoms with Crippen molar-refractivity contribution in [2.45, 2.75) is 19.9 Å². The summed E-state index contributed by atoms with van der Waals surface area (Å²) in [6, 6.07) is 10.7. The molecule has 0 bridgehead atoms. The highest BCUT2D eigenvalue weighted by Crippen LogP contribution is 2.37. The number of fused-ring (bicyclic) bond motifs is 1. The minimum absolute atomic E-state index is 0.224. The molecule has 0 saturated heterocycles. The lowest BCUT2D eigenvalue weighted by Gasteiger charge is -2.22. The van der Waals surface area contributed by atoms with E-state index in [4.69, 9.17) is 4.74 Å². The van der Waals surface area contributed by atoms with Gasteiger partial charge >= 0.3 is 0 Å². The Balaban J connectivity index is 2.56. The number of nitrogens with zero attached hydrogens (tertiary/aromatic N) is 1. The van der Waals surface area contributed by atoms with Crippen LogP contribution in [0.4, 0.5) is 4.39 Å². The number of pyridine rings is 1. The molecular weight excluding hydrogens is 361 g/mol. The average molecular weight is 380 g/mol. The molecule has 0 unspecified atom stereocenters. The van der Waals surface area contributed by atoms with Gasteiger partial charge in [-0.2, -0.15) is 0 Å². The van der Waals surface area contributed by atoms with Crippen LogP contribution in [0.15, 0.2) is 53.3 Å². The van der Waals surface area contributed by atoms with Crippen molar-refractivity contribution >= 4 is 22.8 Å². The Hall–Kier alpha value is -3.41. The number of hydrogen-bond acceptors (Lipinski definition) is 4. The van der Waals surface area contributed by atoms with Gasteiger partial charge in [-0.25, -0.2) is 4.39 Å². The highest BCUT2D eigenvalue weighted by atomic mass is 19.1. The number of aliphatic carboxylic acids is 1. The summed E-state index contributed by atoms with van der Waals surface area (Å²) in [7, 11) is 1.41. The molecule has 1 heterocycles. The van der Waals surface area contributed by atoms with Crippen molar-refractivity contribution in [3.05, 3.63) is 70.3 Å². The van der Waals surface area contributed by atoms with Gasteiger partial charge in [-0.15, -0.1) is 0 Å². The second-order valence-electron chi connectivity index (χ2n) is 6.57. The van der Waals surface area contributed by atoms with E-state index in [-0.39, 0.29) is 17.4 Å². The highest BCUT2D eigenvalue weighted by molar-refractivity contribution is 5.98. The normalized spacial score (nSPS) is 11.5. The predicted molar refractivity (Wildman–Crippen MR) is 105 cm³/mol. The van der Waals surface area contributed by atoms with Gasteiger partial charge in [0.05, 0.1) is 18.8 Å². The first kappa shape index (κ1) is 19.4. The Morgan fingerprint density at radius 3 is 2.46 bits per heavy atom. The van der Waals surface area contributed by atoms with E-state index in [1.54, 1.807) is 28.8 Å². The van der Waals surface area contributed by atoms with Crippen LogP contribution in [0, 0.1) is 5.82 Å². The Morgan fingerprint density at radius 1 is 1.18 bits per heavy atom. The van der Waals surface area contributed by atoms with Crippen molar-refractivity contribution in [1.29, 1.82) is 0 Å². The molecule has 0 N–H and O–H groups in total. The van der Waals surface area contributed by atoms with Crippen LogP contribution in [-0.2, 0) is 4.79 Å². The molecule has 0 atom stereocenters. The summed E-state index contributed by atoms with van der Waals surface area (Å²) in [6.07, 6.45) is 2.31. The minimum atomic E-state index is -1.36. The van der Waals surface area contributed by atoms with Crippen molar-refractivity contribution in [3.63, 3.8) is 0 Å². The lowest BCUT2D eigenvalue weighted by atomic mass is 9.97. The zero-order valence-corrected chi connectivity index (χ0v) is 15.7. The Kier molecular flexibility index (Phi) is 5.31. The molecule has 1 aromatic heterocycles. The number of hydrogen-bond donors (Lipinski definition) is 0. The van der Waals surface area contributed by atoms with Gasteiger partial charge in [-0.1, -0.05) is 24.3 Å². The van der Waals surface area contributed by atoms with Crippen molar-refractivity contribution in [3.8, 4) is 17.0 Å². The lowest BCUT2D eigenvalue weighted by Crippen LogP contribution is -2.25. The molecule has 3 aromatic rings. The molecule has 2 aromatic carbocycles. The van der Waals surface area contributed by atoms with Crippen LogP contribution >= 0.6 is 0 Å². The number of ether oxygens (including phenoxy) is 1. The quantitative estimate of drug-likeness (QED) is 0.638. The second-order valence-corrected chi connectivity index (χ2v) is 6.57. The van der Waals surface area contributed by atoms with E-state index in [9.17, 15) is 19.1 Å². The summed E-state index contributed by atoms with van der Waals surface area (Å²) < 4.78 is 20.6. The van der Waals surface area contributed by atoms with Crippen molar-refractivity contribution in [1.82, 2.24) is 4.57 Å². The van der Waals surface area contributed by atoms with Gasteiger partial charge in [0.15, 0.2) is 0 Å². The topological polar surface area (TPSA) is 71.4 Å². The Labute approximate surface area is 161 Å². The zero-order valence-electron chi connectivity index (χ0n) is 15.7. The zero-order chi connectivity index (χ0) is 20.4. The summed E-state index contributed by atoms with van der Waals surface area (Å²) in [4.78, 5) is 24.3. The number of carboxylic acids is 1. The number of carbonyl (C=O) groups excluding carboxylic acids is 1. The van der Waals surface area contributed by atoms with Gasteiger partial charge in [0.25, 0.3) is 5.56 Å². The third-order valence-corrected chi connectivity index (χ3v) is 4.48. The van der Waals surface area contributed by atoms with Gasteiger partial charge in [0, 0.05) is 28.6 Å². The standard InChI is InChI=1S/C22H20FNO4/c1-13(2)24-21(18-9-8-14(23)12-19(18)28-3)16(10-11-20(25)26)15-6-4-5-7-17(15)22(24)27/h4-13H,1-3H3,(H,25,26)/p-1/b11-10+. The lowest BCUT2D eigenvalue weighted by molar-refractivity contribution is -0.297. The van der Waals surface area contributed by atoms with Crippen LogP contribution < -0.4 is 15.4 Å². The SMILES string of the molecule is COc1cc(F)ccc1-c1c(/C=C/C(=O)[O-])c2ccccc2c(=O)n1C(C)C. The molecule has 0 radical (unpaired) electrons. The number of halogens is 1. The summed E-state index contributed by atoms with van der Waals surface area (Å²) in [5.74, 6) is -1.60. The smallest absolute Gasteiger partial charge is 0.259 e. The van der Waals surface area contributed by atoms with Gasteiger partial charge in [0.2, 0.25) is 0 Å². The molecule has 6 heteroatoms. The van der Waals surface area contributed by atoms with Crippen LogP contribution in [0.25, 0.3) is 28.1 Å². The number of rotatable bonds is 5. The minimum Gasteiger partial charge on any atom is -0.545 e. The number of aromatic nitrogens is 1. The summed E-state index contributed by atoms with van der Waals surface area (Å²) >= 11 is 0. The van der Waals surface area contributed by atoms with Gasteiger partial charge in [0.1, 0.15) is 11.6 Å². The average Bonchev–Trinajstić information content (AvgIpc) is 2.66. The Morgan fingerprint density at radius 2 is 1.86 bits per heavy atom. The molecule has 0 saturated carbocycles. The molecule has 0 amide bonds. The molecule has 0 aliphatic rings. The maximum atomic E-state index is 13.7. The van der Waals surface area contributed by atoms with Gasteiger partial charge in [-0.3, -0.25) is 4.79 Å². The monoisotopic (exact) mass is 380 g/mol. The summed E-state index contributed by atoms with van der Waals surface area (Å²) in [5.41, 5.74) is 1.22. The third kappa shape index (κ3) is 3.41. The molecule has 0 aliphatic heterocycles. The van der Waals surface area contributed by atoms with Crippen LogP contribution in [-0.4, -0.2) is 17.6 Å².